The zero-order chi connectivity index (χ0) is 10.6. The molecular weight excluding hydrogens is 180 g/mol. The van der Waals surface area contributed by atoms with E-state index >= 15 is 0 Å². The summed E-state index contributed by atoms with van der Waals surface area (Å²) in [5.41, 5.74) is 5.68. The minimum atomic E-state index is -0.472. The summed E-state index contributed by atoms with van der Waals surface area (Å²) in [6.45, 7) is 4.06. The predicted molar refractivity (Wildman–Crippen MR) is 54.6 cm³/mol. The van der Waals surface area contributed by atoms with E-state index in [2.05, 4.69) is 15.3 Å². The third kappa shape index (κ3) is 3.18. The van der Waals surface area contributed by atoms with Gasteiger partial charge in [0.2, 0.25) is 11.9 Å². The van der Waals surface area contributed by atoms with Gasteiger partial charge in [-0.3, -0.25) is 10.1 Å². The molecule has 0 spiro atoms. The van der Waals surface area contributed by atoms with Gasteiger partial charge in [0.05, 0.1) is 6.04 Å². The Balaban J connectivity index is 2.42. The molecule has 0 aliphatic carbocycles. The average Bonchev–Trinajstić information content (AvgIpc) is 2.55. The molecule has 14 heavy (non-hydrogen) atoms. The number of aromatic nitrogens is 2. The van der Waals surface area contributed by atoms with Gasteiger partial charge in [-0.05, 0) is 12.3 Å². The normalized spacial score (nSPS) is 12.9. The van der Waals surface area contributed by atoms with Gasteiger partial charge in [-0.15, -0.1) is 0 Å². The maximum atomic E-state index is 11.4. The Morgan fingerprint density at radius 1 is 1.71 bits per heavy atom. The summed E-state index contributed by atoms with van der Waals surface area (Å²) in [4.78, 5) is 18.1. The van der Waals surface area contributed by atoms with E-state index in [0.717, 1.165) is 0 Å². The van der Waals surface area contributed by atoms with Crippen molar-refractivity contribution in [3.63, 3.8) is 0 Å². The largest absolute Gasteiger partial charge is 0.331 e. The van der Waals surface area contributed by atoms with Crippen molar-refractivity contribution in [3.8, 4) is 0 Å². The van der Waals surface area contributed by atoms with Crippen LogP contribution in [0.5, 0.6) is 0 Å². The van der Waals surface area contributed by atoms with Gasteiger partial charge in [0.15, 0.2) is 0 Å². The molecule has 4 N–H and O–H groups in total. The Morgan fingerprint density at radius 3 is 2.93 bits per heavy atom. The van der Waals surface area contributed by atoms with E-state index in [-0.39, 0.29) is 5.91 Å². The number of nitrogens with two attached hydrogens (primary N) is 1. The number of hydrogen-bond donors (Lipinski definition) is 3. The summed E-state index contributed by atoms with van der Waals surface area (Å²) in [5.74, 6) is 0.648. The molecule has 78 valence electrons. The van der Waals surface area contributed by atoms with Crippen LogP contribution in [0.1, 0.15) is 20.3 Å². The lowest BCUT2D eigenvalue weighted by atomic mass is 10.0. The molecule has 1 rings (SSSR count). The number of carbonyl (C=O) groups excluding carboxylic acids is 1. The van der Waals surface area contributed by atoms with Crippen molar-refractivity contribution < 1.29 is 4.79 Å². The molecule has 0 radical (unpaired) electrons. The zero-order valence-corrected chi connectivity index (χ0v) is 8.45. The first-order valence-corrected chi connectivity index (χ1v) is 4.65. The molecule has 0 fully saturated rings. The molecule has 5 heteroatoms. The van der Waals surface area contributed by atoms with E-state index in [0.29, 0.717) is 18.3 Å². The number of nitrogens with one attached hydrogen (secondary N) is 2. The predicted octanol–water partition coefficient (Wildman–Crippen LogP) is 0.722. The fraction of sp³-hybridized carbons (Fsp3) is 0.556. The van der Waals surface area contributed by atoms with Crippen LogP contribution in [0.3, 0.4) is 0 Å². The van der Waals surface area contributed by atoms with E-state index in [1.54, 1.807) is 12.4 Å². The Morgan fingerprint density at radius 2 is 2.43 bits per heavy atom. The number of carbonyl (C=O) groups is 1. The smallest absolute Gasteiger partial charge is 0.243 e. The van der Waals surface area contributed by atoms with Gasteiger partial charge in [0.25, 0.3) is 0 Å². The molecule has 1 aromatic heterocycles. The minimum Gasteiger partial charge on any atom is -0.331 e. The summed E-state index contributed by atoms with van der Waals surface area (Å²) in [6, 6.07) is -0.472. The summed E-state index contributed by atoms with van der Waals surface area (Å²) >= 11 is 0. The first kappa shape index (κ1) is 10.7. The average molecular weight is 196 g/mol. The van der Waals surface area contributed by atoms with Gasteiger partial charge >= 0.3 is 0 Å². The first-order valence-electron chi connectivity index (χ1n) is 4.65. The van der Waals surface area contributed by atoms with Crippen molar-refractivity contribution in [2.24, 2.45) is 11.7 Å². The number of hydrogen-bond acceptors (Lipinski definition) is 3. The van der Waals surface area contributed by atoms with Crippen molar-refractivity contribution in [1.82, 2.24) is 9.97 Å². The fourth-order valence-electron chi connectivity index (χ4n) is 1.16. The summed E-state index contributed by atoms with van der Waals surface area (Å²) in [6.07, 6.45) is 3.89. The topological polar surface area (TPSA) is 83.8 Å². The number of nitrogens with zero attached hydrogens (tertiary/aromatic N) is 1. The quantitative estimate of drug-likeness (QED) is 0.663. The summed E-state index contributed by atoms with van der Waals surface area (Å²) < 4.78 is 0. The molecule has 1 aromatic rings. The molecule has 0 saturated heterocycles. The molecule has 0 unspecified atom stereocenters. The lowest BCUT2D eigenvalue weighted by Crippen LogP contribution is -2.36. The van der Waals surface area contributed by atoms with Crippen LogP contribution in [-0.4, -0.2) is 21.9 Å². The second-order valence-electron chi connectivity index (χ2n) is 3.66. The van der Waals surface area contributed by atoms with Crippen LogP contribution in [0.4, 0.5) is 5.95 Å². The lowest BCUT2D eigenvalue weighted by molar-refractivity contribution is -0.117. The Labute approximate surface area is 83.1 Å². The SMILES string of the molecule is CC(C)C[C@H](N)C(=O)Nc1ncc[nH]1. The number of aromatic amines is 1. The van der Waals surface area contributed by atoms with Crippen molar-refractivity contribution in [1.29, 1.82) is 0 Å². The monoisotopic (exact) mass is 196 g/mol. The highest BCUT2D eigenvalue weighted by atomic mass is 16.2. The Kier molecular flexibility index (Phi) is 3.64. The third-order valence-corrected chi connectivity index (χ3v) is 1.80. The van der Waals surface area contributed by atoms with Gasteiger partial charge in [-0.2, -0.15) is 0 Å². The molecule has 1 amide bonds. The molecule has 1 heterocycles. The van der Waals surface area contributed by atoms with Gasteiger partial charge in [-0.25, -0.2) is 4.98 Å². The van der Waals surface area contributed by atoms with E-state index in [1.807, 2.05) is 13.8 Å². The molecule has 0 aromatic carbocycles. The molecule has 0 aliphatic heterocycles. The third-order valence-electron chi connectivity index (χ3n) is 1.80. The Bertz CT molecular complexity index is 281. The molecule has 1 atom stereocenters. The van der Waals surface area contributed by atoms with Crippen LogP contribution in [0.25, 0.3) is 0 Å². The molecule has 5 nitrogen and oxygen atoms in total. The van der Waals surface area contributed by atoms with Gasteiger partial charge in [-0.1, -0.05) is 13.8 Å². The maximum Gasteiger partial charge on any atom is 0.243 e. The van der Waals surface area contributed by atoms with Crippen molar-refractivity contribution in [2.45, 2.75) is 26.3 Å². The van der Waals surface area contributed by atoms with Gasteiger partial charge in [0, 0.05) is 12.4 Å². The molecule has 0 saturated carbocycles. The minimum absolute atomic E-state index is 0.200. The molecule has 0 aliphatic rings. The van der Waals surface area contributed by atoms with Gasteiger partial charge < -0.3 is 10.7 Å². The number of H-pyrrole nitrogens is 1. The zero-order valence-electron chi connectivity index (χ0n) is 8.45. The second-order valence-corrected chi connectivity index (χ2v) is 3.66. The number of imidazole rings is 1. The van der Waals surface area contributed by atoms with Crippen LogP contribution < -0.4 is 11.1 Å². The fourth-order valence-corrected chi connectivity index (χ4v) is 1.16. The Hall–Kier alpha value is -1.36. The van der Waals surface area contributed by atoms with Crippen LogP contribution in [0.15, 0.2) is 12.4 Å². The van der Waals surface area contributed by atoms with E-state index < -0.39 is 6.04 Å². The maximum absolute atomic E-state index is 11.4. The van der Waals surface area contributed by atoms with E-state index in [9.17, 15) is 4.79 Å². The van der Waals surface area contributed by atoms with E-state index in [1.165, 1.54) is 0 Å². The number of amides is 1. The van der Waals surface area contributed by atoms with Crippen LogP contribution >= 0.6 is 0 Å². The van der Waals surface area contributed by atoms with Crippen molar-refractivity contribution in [2.75, 3.05) is 5.32 Å². The summed E-state index contributed by atoms with van der Waals surface area (Å²) in [7, 11) is 0. The van der Waals surface area contributed by atoms with E-state index in [4.69, 9.17) is 5.73 Å². The van der Waals surface area contributed by atoms with Crippen molar-refractivity contribution in [3.05, 3.63) is 12.4 Å². The first-order chi connectivity index (χ1) is 6.59. The highest BCUT2D eigenvalue weighted by Gasteiger charge is 2.15. The molecular formula is C9H16N4O. The van der Waals surface area contributed by atoms with Gasteiger partial charge in [0.1, 0.15) is 0 Å². The van der Waals surface area contributed by atoms with Crippen molar-refractivity contribution >= 4 is 11.9 Å². The van der Waals surface area contributed by atoms with Crippen LogP contribution in [-0.2, 0) is 4.79 Å². The lowest BCUT2D eigenvalue weighted by Gasteiger charge is -2.12. The number of rotatable bonds is 4. The highest BCUT2D eigenvalue weighted by molar-refractivity contribution is 5.93. The van der Waals surface area contributed by atoms with Crippen LogP contribution in [0, 0.1) is 5.92 Å². The molecule has 0 bridgehead atoms. The standard InChI is InChI=1S/C9H16N4O/c1-6(2)5-7(10)8(14)13-9-11-3-4-12-9/h3-4,6-7H,5,10H2,1-2H3,(H2,11,12,13,14)/t7-/m0/s1. The summed E-state index contributed by atoms with van der Waals surface area (Å²) in [5, 5.41) is 2.60. The van der Waals surface area contributed by atoms with Crippen LogP contribution in [0.2, 0.25) is 0 Å². The number of anilines is 1. The second kappa shape index (κ2) is 4.76. The highest BCUT2D eigenvalue weighted by Crippen LogP contribution is 2.04.